The van der Waals surface area contributed by atoms with Gasteiger partial charge in [0.2, 0.25) is 5.88 Å². The maximum atomic E-state index is 11.2. The smallest absolute Gasteiger partial charge is 0.264 e. The van der Waals surface area contributed by atoms with E-state index >= 15 is 0 Å². The van der Waals surface area contributed by atoms with Crippen molar-refractivity contribution in [3.8, 4) is 17.7 Å². The van der Waals surface area contributed by atoms with E-state index in [1.165, 1.54) is 12.1 Å². The zero-order valence-corrected chi connectivity index (χ0v) is 14.1. The summed E-state index contributed by atoms with van der Waals surface area (Å²) in [4.78, 5) is 11.2. The van der Waals surface area contributed by atoms with Crippen molar-refractivity contribution in [1.29, 1.82) is 5.26 Å². The molecule has 2 aromatic rings. The monoisotopic (exact) mass is 339 g/mol. The van der Waals surface area contributed by atoms with Gasteiger partial charge in [-0.15, -0.1) is 5.10 Å². The second kappa shape index (κ2) is 6.42. The van der Waals surface area contributed by atoms with Crippen molar-refractivity contribution in [2.75, 3.05) is 13.7 Å². The largest absolute Gasteiger partial charge is 0.480 e. The van der Waals surface area contributed by atoms with E-state index < -0.39 is 5.60 Å². The Morgan fingerprint density at radius 3 is 2.80 bits per heavy atom. The summed E-state index contributed by atoms with van der Waals surface area (Å²) in [5.74, 6) is 1.35. The molecule has 7 heteroatoms. The summed E-state index contributed by atoms with van der Waals surface area (Å²) < 4.78 is 17.4. The van der Waals surface area contributed by atoms with Gasteiger partial charge in [-0.3, -0.25) is 4.79 Å². The summed E-state index contributed by atoms with van der Waals surface area (Å²) in [6, 6.07) is 10.0. The van der Waals surface area contributed by atoms with Crippen LogP contribution in [-0.4, -0.2) is 29.5 Å². The summed E-state index contributed by atoms with van der Waals surface area (Å²) in [6.07, 6.45) is 0. The average molecular weight is 339 g/mol. The summed E-state index contributed by atoms with van der Waals surface area (Å²) in [5.41, 5.74) is 0.887. The van der Waals surface area contributed by atoms with Gasteiger partial charge in [0.05, 0.1) is 23.8 Å². The van der Waals surface area contributed by atoms with Crippen LogP contribution in [0.2, 0.25) is 0 Å². The molecule has 0 radical (unpaired) electrons. The third kappa shape index (κ3) is 3.12. The topological polar surface area (TPSA) is 97.2 Å². The van der Waals surface area contributed by atoms with Gasteiger partial charge in [-0.05, 0) is 32.0 Å². The van der Waals surface area contributed by atoms with E-state index in [0.717, 1.165) is 5.57 Å². The van der Waals surface area contributed by atoms with Gasteiger partial charge < -0.3 is 14.2 Å². The number of benzene rings is 1. The fourth-order valence-corrected chi connectivity index (χ4v) is 2.67. The number of hydrogen-bond acceptors (Lipinski definition) is 6. The second-order valence-electron chi connectivity index (χ2n) is 5.90. The van der Waals surface area contributed by atoms with E-state index in [1.54, 1.807) is 25.3 Å². The molecule has 1 N–H and O–H groups in total. The van der Waals surface area contributed by atoms with Crippen LogP contribution in [0.1, 0.15) is 25.0 Å². The molecule has 0 bridgehead atoms. The summed E-state index contributed by atoms with van der Waals surface area (Å²) in [7, 11) is 1.60. The lowest BCUT2D eigenvalue weighted by Gasteiger charge is -2.37. The van der Waals surface area contributed by atoms with Crippen LogP contribution in [0.15, 0.2) is 40.7 Å². The van der Waals surface area contributed by atoms with Gasteiger partial charge in [0.25, 0.3) is 5.56 Å². The number of H-pyrrole nitrogens is 1. The molecule has 0 saturated heterocycles. The van der Waals surface area contributed by atoms with Crippen LogP contribution >= 0.6 is 0 Å². The minimum Gasteiger partial charge on any atom is -0.480 e. The van der Waals surface area contributed by atoms with E-state index in [-0.39, 0.29) is 11.4 Å². The van der Waals surface area contributed by atoms with Gasteiger partial charge >= 0.3 is 0 Å². The maximum absolute atomic E-state index is 11.2. The number of aromatic amines is 1. The molecule has 0 saturated carbocycles. The highest BCUT2D eigenvalue weighted by Crippen LogP contribution is 2.41. The van der Waals surface area contributed by atoms with Gasteiger partial charge in [0.1, 0.15) is 11.5 Å². The highest BCUT2D eigenvalue weighted by Gasteiger charge is 2.38. The molecule has 0 aliphatic carbocycles. The molecule has 1 aromatic carbocycles. The molecule has 3 rings (SSSR count). The number of ether oxygens (including phenoxy) is 3. The molecule has 128 valence electrons. The highest BCUT2D eigenvalue weighted by atomic mass is 16.5. The first-order valence-electron chi connectivity index (χ1n) is 7.64. The molecule has 2 heterocycles. The van der Waals surface area contributed by atoms with Crippen LogP contribution in [0, 0.1) is 11.3 Å². The molecule has 1 unspecified atom stereocenters. The maximum Gasteiger partial charge on any atom is 0.264 e. The third-order valence-electron chi connectivity index (χ3n) is 4.10. The standard InChI is InChI=1S/C18H17N3O4/c1-11-17(24-16-7-6-15(22)20-21-16)13-8-12(9-19)4-5-14(13)25-18(11,2)10-23-3/h4-8H,10H2,1-3H3,(H,20,22). The Morgan fingerprint density at radius 1 is 1.36 bits per heavy atom. The number of rotatable bonds is 4. The van der Waals surface area contributed by atoms with Gasteiger partial charge in [-0.2, -0.15) is 5.26 Å². The molecular formula is C18H17N3O4. The normalized spacial score (nSPS) is 19.0. The molecule has 1 aliphatic heterocycles. The molecule has 1 atom stereocenters. The molecule has 7 nitrogen and oxygen atoms in total. The average Bonchev–Trinajstić information content (AvgIpc) is 2.60. The minimum absolute atomic E-state index is 0.240. The van der Waals surface area contributed by atoms with Crippen molar-refractivity contribution in [2.45, 2.75) is 19.4 Å². The van der Waals surface area contributed by atoms with E-state index in [0.29, 0.717) is 29.2 Å². The first-order valence-corrected chi connectivity index (χ1v) is 7.64. The Bertz CT molecular complexity index is 922. The van der Waals surface area contributed by atoms with Crippen LogP contribution in [0.25, 0.3) is 5.76 Å². The number of fused-ring (bicyclic) bond motifs is 1. The number of nitrogens with zero attached hydrogens (tertiary/aromatic N) is 2. The Balaban J connectivity index is 2.13. The molecule has 1 aromatic heterocycles. The van der Waals surface area contributed by atoms with Crippen molar-refractivity contribution >= 4 is 5.76 Å². The van der Waals surface area contributed by atoms with Crippen LogP contribution in [0.5, 0.6) is 11.6 Å². The molecule has 0 spiro atoms. The number of nitriles is 1. The molecule has 1 aliphatic rings. The Kier molecular flexibility index (Phi) is 4.30. The fraction of sp³-hybridized carbons (Fsp3) is 0.278. The zero-order valence-electron chi connectivity index (χ0n) is 14.1. The zero-order chi connectivity index (χ0) is 18.0. The lowest BCUT2D eigenvalue weighted by molar-refractivity contribution is 0.0269. The van der Waals surface area contributed by atoms with Crippen molar-refractivity contribution in [3.63, 3.8) is 0 Å². The minimum atomic E-state index is -0.729. The van der Waals surface area contributed by atoms with Crippen LogP contribution in [0.4, 0.5) is 0 Å². The van der Waals surface area contributed by atoms with E-state index in [4.69, 9.17) is 14.2 Å². The second-order valence-corrected chi connectivity index (χ2v) is 5.90. The van der Waals surface area contributed by atoms with E-state index in [2.05, 4.69) is 16.3 Å². The van der Waals surface area contributed by atoms with Crippen molar-refractivity contribution in [3.05, 3.63) is 57.4 Å². The Hall–Kier alpha value is -3.11. The van der Waals surface area contributed by atoms with E-state index in [1.807, 2.05) is 13.8 Å². The number of aromatic nitrogens is 2. The van der Waals surface area contributed by atoms with Gasteiger partial charge in [0, 0.05) is 24.8 Å². The first kappa shape index (κ1) is 16.7. The van der Waals surface area contributed by atoms with Gasteiger partial charge in [-0.25, -0.2) is 5.10 Å². The van der Waals surface area contributed by atoms with Crippen LogP contribution in [0.3, 0.4) is 0 Å². The van der Waals surface area contributed by atoms with Crippen molar-refractivity contribution in [2.24, 2.45) is 0 Å². The van der Waals surface area contributed by atoms with Crippen molar-refractivity contribution < 1.29 is 14.2 Å². The third-order valence-corrected chi connectivity index (χ3v) is 4.10. The Morgan fingerprint density at radius 2 is 2.16 bits per heavy atom. The highest BCUT2D eigenvalue weighted by molar-refractivity contribution is 5.74. The number of nitrogens with one attached hydrogen (secondary N) is 1. The predicted molar refractivity (Wildman–Crippen MR) is 90.1 cm³/mol. The lowest BCUT2D eigenvalue weighted by Crippen LogP contribution is -2.42. The van der Waals surface area contributed by atoms with E-state index in [9.17, 15) is 10.1 Å². The molecule has 0 fully saturated rings. The summed E-state index contributed by atoms with van der Waals surface area (Å²) in [6.45, 7) is 4.10. The Labute approximate surface area is 144 Å². The predicted octanol–water partition coefficient (Wildman–Crippen LogP) is 2.25. The fourth-order valence-electron chi connectivity index (χ4n) is 2.67. The molecular weight excluding hydrogens is 322 g/mol. The lowest BCUT2D eigenvalue weighted by atomic mass is 9.90. The van der Waals surface area contributed by atoms with Crippen molar-refractivity contribution in [1.82, 2.24) is 10.2 Å². The first-order chi connectivity index (χ1) is 12.0. The van der Waals surface area contributed by atoms with Crippen LogP contribution in [-0.2, 0) is 4.74 Å². The quantitative estimate of drug-likeness (QED) is 0.917. The summed E-state index contributed by atoms with van der Waals surface area (Å²) in [5, 5.41) is 15.4. The molecule has 25 heavy (non-hydrogen) atoms. The number of hydrogen-bond donors (Lipinski definition) is 1. The van der Waals surface area contributed by atoms with Gasteiger partial charge in [-0.1, -0.05) is 0 Å². The SMILES string of the molecule is COCC1(C)Oc2ccc(C#N)cc2C(Oc2ccc(=O)[nH]n2)=C1C. The van der Waals surface area contributed by atoms with Crippen LogP contribution < -0.4 is 15.0 Å². The summed E-state index contributed by atoms with van der Waals surface area (Å²) >= 11 is 0. The molecule has 0 amide bonds. The number of methoxy groups -OCH3 is 1. The van der Waals surface area contributed by atoms with Gasteiger partial charge in [0.15, 0.2) is 5.60 Å².